The molecule has 5 heteroatoms. The fourth-order valence-electron chi connectivity index (χ4n) is 1.38. The molecule has 0 spiro atoms. The Hall–Kier alpha value is -1.26. The van der Waals surface area contributed by atoms with Gasteiger partial charge in [-0.25, -0.2) is 4.79 Å². The third-order valence-corrected chi connectivity index (χ3v) is 2.14. The molecule has 0 saturated carbocycles. The molecule has 1 aliphatic rings. The first kappa shape index (κ1) is 9.83. The maximum Gasteiger partial charge on any atom is 0.407 e. The van der Waals surface area contributed by atoms with Crippen molar-refractivity contribution in [3.8, 4) is 0 Å². The first-order valence-electron chi connectivity index (χ1n) is 4.40. The van der Waals surface area contributed by atoms with Crippen LogP contribution >= 0.6 is 0 Å². The zero-order valence-electron chi connectivity index (χ0n) is 7.62. The van der Waals surface area contributed by atoms with Crippen LogP contribution in [0.15, 0.2) is 0 Å². The number of likely N-dealkylation sites (tertiary alicyclic amines) is 1. The maximum absolute atomic E-state index is 11.0. The molecule has 1 heterocycles. The van der Waals surface area contributed by atoms with Gasteiger partial charge in [0.25, 0.3) is 0 Å². The van der Waals surface area contributed by atoms with Gasteiger partial charge in [-0.2, -0.15) is 0 Å². The van der Waals surface area contributed by atoms with Crippen LogP contribution in [0.4, 0.5) is 4.79 Å². The van der Waals surface area contributed by atoms with Gasteiger partial charge in [0.2, 0.25) is 5.91 Å². The van der Waals surface area contributed by atoms with Crippen LogP contribution in [0.1, 0.15) is 19.8 Å². The number of hydrogen-bond acceptors (Lipinski definition) is 2. The second-order valence-electron chi connectivity index (χ2n) is 3.14. The lowest BCUT2D eigenvalue weighted by atomic mass is 10.2. The molecule has 0 bridgehead atoms. The zero-order chi connectivity index (χ0) is 9.84. The highest BCUT2D eigenvalue weighted by molar-refractivity contribution is 5.76. The Kier molecular flexibility index (Phi) is 3.11. The van der Waals surface area contributed by atoms with Crippen molar-refractivity contribution < 1.29 is 14.7 Å². The molecule has 13 heavy (non-hydrogen) atoms. The van der Waals surface area contributed by atoms with Crippen LogP contribution in [0.3, 0.4) is 0 Å². The lowest BCUT2D eigenvalue weighted by Crippen LogP contribution is -2.37. The molecule has 1 fully saturated rings. The number of carbonyl (C=O) groups is 2. The summed E-state index contributed by atoms with van der Waals surface area (Å²) in [7, 11) is 0. The lowest BCUT2D eigenvalue weighted by Gasteiger charge is -2.13. The Morgan fingerprint density at radius 1 is 1.62 bits per heavy atom. The van der Waals surface area contributed by atoms with Gasteiger partial charge in [-0.1, -0.05) is 6.92 Å². The summed E-state index contributed by atoms with van der Waals surface area (Å²) in [6.45, 7) is 2.71. The summed E-state index contributed by atoms with van der Waals surface area (Å²) in [4.78, 5) is 22.8. The lowest BCUT2D eigenvalue weighted by molar-refractivity contribution is -0.121. The van der Waals surface area contributed by atoms with Gasteiger partial charge in [-0.05, 0) is 6.42 Å². The molecule has 2 amide bonds. The monoisotopic (exact) mass is 186 g/mol. The quantitative estimate of drug-likeness (QED) is 0.650. The number of nitrogens with zero attached hydrogens (tertiary/aromatic N) is 1. The van der Waals surface area contributed by atoms with E-state index in [9.17, 15) is 9.59 Å². The first-order chi connectivity index (χ1) is 6.13. The van der Waals surface area contributed by atoms with E-state index >= 15 is 0 Å². The van der Waals surface area contributed by atoms with Crippen LogP contribution in [0.5, 0.6) is 0 Å². The minimum atomic E-state index is -0.909. The molecule has 0 unspecified atom stereocenters. The largest absolute Gasteiger partial charge is 0.465 e. The third-order valence-electron chi connectivity index (χ3n) is 2.14. The van der Waals surface area contributed by atoms with E-state index in [0.29, 0.717) is 19.5 Å². The predicted molar refractivity (Wildman–Crippen MR) is 46.4 cm³/mol. The first-order valence-corrected chi connectivity index (χ1v) is 4.40. The minimum absolute atomic E-state index is 0.00329. The summed E-state index contributed by atoms with van der Waals surface area (Å²) >= 11 is 0. The molecule has 2 N–H and O–H groups in total. The Balaban J connectivity index is 2.33. The van der Waals surface area contributed by atoms with Gasteiger partial charge in [-0.15, -0.1) is 0 Å². The third kappa shape index (κ3) is 2.61. The van der Waals surface area contributed by atoms with Gasteiger partial charge in [0.15, 0.2) is 0 Å². The molecule has 0 aliphatic carbocycles. The molecule has 0 aromatic heterocycles. The normalized spacial score (nSPS) is 21.6. The summed E-state index contributed by atoms with van der Waals surface area (Å²) in [5.41, 5.74) is 0. The maximum atomic E-state index is 11.0. The number of hydrogen-bond donors (Lipinski definition) is 2. The average molecular weight is 186 g/mol. The highest BCUT2D eigenvalue weighted by atomic mass is 16.4. The van der Waals surface area contributed by atoms with E-state index < -0.39 is 6.09 Å². The fourth-order valence-corrected chi connectivity index (χ4v) is 1.38. The second kappa shape index (κ2) is 4.11. The Labute approximate surface area is 76.7 Å². The van der Waals surface area contributed by atoms with E-state index in [1.54, 1.807) is 6.92 Å². The van der Waals surface area contributed by atoms with E-state index in [4.69, 9.17) is 5.11 Å². The van der Waals surface area contributed by atoms with Crippen molar-refractivity contribution >= 4 is 12.0 Å². The number of nitrogens with one attached hydrogen (secondary N) is 1. The molecule has 1 aliphatic heterocycles. The molecule has 5 nitrogen and oxygen atoms in total. The van der Waals surface area contributed by atoms with Crippen molar-refractivity contribution in [3.05, 3.63) is 0 Å². The van der Waals surface area contributed by atoms with Gasteiger partial charge in [0.05, 0.1) is 0 Å². The SMILES string of the molecule is CCC(=O)N[C@H]1CCN(C(=O)O)C1. The Bertz CT molecular complexity index is 217. The number of carbonyl (C=O) groups excluding carboxylic acids is 1. The van der Waals surface area contributed by atoms with Crippen molar-refractivity contribution in [2.45, 2.75) is 25.8 Å². The molecular formula is C8H14N2O3. The van der Waals surface area contributed by atoms with Gasteiger partial charge >= 0.3 is 6.09 Å². The minimum Gasteiger partial charge on any atom is -0.465 e. The van der Waals surface area contributed by atoms with E-state index in [1.165, 1.54) is 4.90 Å². The van der Waals surface area contributed by atoms with Crippen LogP contribution < -0.4 is 5.32 Å². The van der Waals surface area contributed by atoms with Crippen molar-refractivity contribution in [2.24, 2.45) is 0 Å². The van der Waals surface area contributed by atoms with Crippen molar-refractivity contribution in [1.29, 1.82) is 0 Å². The molecule has 0 aromatic rings. The summed E-state index contributed by atoms with van der Waals surface area (Å²) in [5, 5.41) is 11.4. The highest BCUT2D eigenvalue weighted by Crippen LogP contribution is 2.08. The van der Waals surface area contributed by atoms with Crippen molar-refractivity contribution in [1.82, 2.24) is 10.2 Å². The Morgan fingerprint density at radius 3 is 2.77 bits per heavy atom. The van der Waals surface area contributed by atoms with Crippen LogP contribution in [0.2, 0.25) is 0 Å². The molecule has 0 aromatic carbocycles. The molecule has 0 radical (unpaired) electrons. The number of rotatable bonds is 2. The Morgan fingerprint density at radius 2 is 2.31 bits per heavy atom. The smallest absolute Gasteiger partial charge is 0.407 e. The van der Waals surface area contributed by atoms with Gasteiger partial charge in [-0.3, -0.25) is 4.79 Å². The second-order valence-corrected chi connectivity index (χ2v) is 3.14. The van der Waals surface area contributed by atoms with Gasteiger partial charge < -0.3 is 15.3 Å². The number of carboxylic acid groups (broad SMARTS) is 1. The standard InChI is InChI=1S/C8H14N2O3/c1-2-7(11)9-6-3-4-10(5-6)8(12)13/h6H,2-5H2,1H3,(H,9,11)(H,12,13)/t6-/m0/s1. The molecule has 1 saturated heterocycles. The van der Waals surface area contributed by atoms with E-state index in [1.807, 2.05) is 0 Å². The molecule has 1 atom stereocenters. The summed E-state index contributed by atoms with van der Waals surface area (Å²) in [5.74, 6) is -0.0164. The van der Waals surface area contributed by atoms with E-state index in [0.717, 1.165) is 6.42 Å². The van der Waals surface area contributed by atoms with Crippen LogP contribution in [-0.4, -0.2) is 41.1 Å². The number of amides is 2. The van der Waals surface area contributed by atoms with Gasteiger partial charge in [0, 0.05) is 25.6 Å². The zero-order valence-corrected chi connectivity index (χ0v) is 7.62. The van der Waals surface area contributed by atoms with E-state index in [2.05, 4.69) is 5.32 Å². The summed E-state index contributed by atoms with van der Waals surface area (Å²) in [6.07, 6.45) is 0.259. The van der Waals surface area contributed by atoms with Crippen LogP contribution in [0.25, 0.3) is 0 Å². The molecular weight excluding hydrogens is 172 g/mol. The van der Waals surface area contributed by atoms with Crippen LogP contribution in [0, 0.1) is 0 Å². The van der Waals surface area contributed by atoms with E-state index in [-0.39, 0.29) is 11.9 Å². The fraction of sp³-hybridized carbons (Fsp3) is 0.750. The van der Waals surface area contributed by atoms with Crippen molar-refractivity contribution in [2.75, 3.05) is 13.1 Å². The average Bonchev–Trinajstić information content (AvgIpc) is 2.52. The summed E-state index contributed by atoms with van der Waals surface area (Å²) in [6, 6.07) is 0.00329. The molecule has 1 rings (SSSR count). The predicted octanol–water partition coefficient (Wildman–Crippen LogP) is 0.265. The topological polar surface area (TPSA) is 69.6 Å². The summed E-state index contributed by atoms with van der Waals surface area (Å²) < 4.78 is 0. The van der Waals surface area contributed by atoms with Crippen molar-refractivity contribution in [3.63, 3.8) is 0 Å². The van der Waals surface area contributed by atoms with Gasteiger partial charge in [0.1, 0.15) is 0 Å². The molecule has 74 valence electrons. The highest BCUT2D eigenvalue weighted by Gasteiger charge is 2.26. The van der Waals surface area contributed by atoms with Crippen LogP contribution in [-0.2, 0) is 4.79 Å².